The molecule has 0 aromatic heterocycles. The van der Waals surface area contributed by atoms with Gasteiger partial charge in [-0.1, -0.05) is 13.8 Å². The van der Waals surface area contributed by atoms with E-state index in [0.29, 0.717) is 13.2 Å². The van der Waals surface area contributed by atoms with Crippen molar-refractivity contribution in [2.45, 2.75) is 39.8 Å². The van der Waals surface area contributed by atoms with Crippen molar-refractivity contribution < 1.29 is 23.1 Å². The number of rotatable bonds is 9. The predicted octanol–water partition coefficient (Wildman–Crippen LogP) is 4.59. The Morgan fingerprint density at radius 2 is 1.45 bits per heavy atom. The minimum Gasteiger partial charge on any atom is -0.496 e. The Kier molecular flexibility index (Phi) is 7.40. The Bertz CT molecular complexity index is 492. The number of hydrogen-bond acceptors (Lipinski definition) is 5. The minimum absolute atomic E-state index is 0.194. The number of methoxy groups -OCH3 is 2. The molecule has 0 unspecified atom stereocenters. The summed E-state index contributed by atoms with van der Waals surface area (Å²) in [7, 11) is 0.0884. The Morgan fingerprint density at radius 3 is 1.77 bits per heavy atom. The van der Waals surface area contributed by atoms with Crippen LogP contribution in [-0.2, 0) is 19.8 Å². The van der Waals surface area contributed by atoms with E-state index in [1.54, 1.807) is 28.1 Å². The average molecular weight is 330 g/mol. The third-order valence-electron chi connectivity index (χ3n) is 3.21. The second-order valence-corrected chi connectivity index (χ2v) is 7.23. The standard InChI is InChI=1S/C16H27O5P/c1-7-20-22(17,21-8-2)11-13-9-14(18-5)16(12(3)4)15(10-13)19-6/h9-10,12H,7-8,11H2,1-6H3. The molecule has 0 spiro atoms. The van der Waals surface area contributed by atoms with Crippen molar-refractivity contribution in [3.05, 3.63) is 23.3 Å². The summed E-state index contributed by atoms with van der Waals surface area (Å²) in [5, 5.41) is 0. The van der Waals surface area contributed by atoms with Crippen LogP contribution in [0, 0.1) is 0 Å². The summed E-state index contributed by atoms with van der Waals surface area (Å²) < 4.78 is 34.3. The molecule has 0 amide bonds. The molecular weight excluding hydrogens is 303 g/mol. The van der Waals surface area contributed by atoms with Gasteiger partial charge in [-0.3, -0.25) is 4.57 Å². The van der Waals surface area contributed by atoms with E-state index in [1.807, 2.05) is 12.1 Å². The van der Waals surface area contributed by atoms with Crippen molar-refractivity contribution in [2.75, 3.05) is 27.4 Å². The second-order valence-electron chi connectivity index (χ2n) is 5.17. The molecule has 0 saturated carbocycles. The summed E-state index contributed by atoms with van der Waals surface area (Å²) in [5.74, 6) is 1.71. The zero-order chi connectivity index (χ0) is 16.8. The van der Waals surface area contributed by atoms with Gasteiger partial charge in [-0.05, 0) is 37.5 Å². The van der Waals surface area contributed by atoms with E-state index in [9.17, 15) is 4.57 Å². The van der Waals surface area contributed by atoms with Gasteiger partial charge in [-0.15, -0.1) is 0 Å². The molecule has 1 aromatic rings. The van der Waals surface area contributed by atoms with E-state index < -0.39 is 7.60 Å². The zero-order valence-corrected chi connectivity index (χ0v) is 15.2. The molecular formula is C16H27O5P. The summed E-state index contributed by atoms with van der Waals surface area (Å²) >= 11 is 0. The fourth-order valence-electron chi connectivity index (χ4n) is 2.40. The molecule has 0 fully saturated rings. The molecule has 5 nitrogen and oxygen atoms in total. The molecule has 0 aliphatic carbocycles. The van der Waals surface area contributed by atoms with Crippen LogP contribution in [0.5, 0.6) is 11.5 Å². The van der Waals surface area contributed by atoms with Gasteiger partial charge in [-0.25, -0.2) is 0 Å². The highest BCUT2D eigenvalue weighted by Gasteiger charge is 2.26. The van der Waals surface area contributed by atoms with Crippen molar-refractivity contribution in [1.82, 2.24) is 0 Å². The lowest BCUT2D eigenvalue weighted by Crippen LogP contribution is -2.03. The maximum Gasteiger partial charge on any atom is 0.335 e. The summed E-state index contributed by atoms with van der Waals surface area (Å²) in [5.41, 5.74) is 1.81. The van der Waals surface area contributed by atoms with Crippen LogP contribution in [0.4, 0.5) is 0 Å². The third kappa shape index (κ3) is 4.73. The highest BCUT2D eigenvalue weighted by Crippen LogP contribution is 2.52. The number of ether oxygens (including phenoxy) is 2. The van der Waals surface area contributed by atoms with E-state index >= 15 is 0 Å². The predicted molar refractivity (Wildman–Crippen MR) is 88.2 cm³/mol. The lowest BCUT2D eigenvalue weighted by Gasteiger charge is -2.20. The van der Waals surface area contributed by atoms with Crippen LogP contribution in [-0.4, -0.2) is 27.4 Å². The summed E-state index contributed by atoms with van der Waals surface area (Å²) in [6.45, 7) is 8.44. The monoisotopic (exact) mass is 330 g/mol. The molecule has 6 heteroatoms. The molecule has 1 aromatic carbocycles. The smallest absolute Gasteiger partial charge is 0.335 e. The van der Waals surface area contributed by atoms with E-state index in [4.69, 9.17) is 18.5 Å². The Hall–Kier alpha value is -1.03. The highest BCUT2D eigenvalue weighted by molar-refractivity contribution is 7.53. The Morgan fingerprint density at radius 1 is 1.00 bits per heavy atom. The van der Waals surface area contributed by atoms with Gasteiger partial charge in [0.05, 0.1) is 33.6 Å². The summed E-state index contributed by atoms with van der Waals surface area (Å²) in [6.07, 6.45) is 0.194. The quantitative estimate of drug-likeness (QED) is 0.620. The first-order chi connectivity index (χ1) is 10.4. The molecule has 22 heavy (non-hydrogen) atoms. The topological polar surface area (TPSA) is 54.0 Å². The summed E-state index contributed by atoms with van der Waals surface area (Å²) in [4.78, 5) is 0. The van der Waals surface area contributed by atoms with Gasteiger partial charge in [0.2, 0.25) is 0 Å². The number of hydrogen-bond donors (Lipinski definition) is 0. The normalized spacial score (nSPS) is 11.8. The van der Waals surface area contributed by atoms with Gasteiger partial charge in [-0.2, -0.15) is 0 Å². The van der Waals surface area contributed by atoms with Crippen molar-refractivity contribution in [3.63, 3.8) is 0 Å². The molecule has 0 bridgehead atoms. The average Bonchev–Trinajstić information content (AvgIpc) is 2.46. The van der Waals surface area contributed by atoms with Gasteiger partial charge in [0.25, 0.3) is 0 Å². The molecule has 0 atom stereocenters. The van der Waals surface area contributed by atoms with Gasteiger partial charge in [0, 0.05) is 5.56 Å². The molecule has 0 saturated heterocycles. The Labute approximate surface area is 133 Å². The lowest BCUT2D eigenvalue weighted by atomic mass is 9.99. The van der Waals surface area contributed by atoms with Crippen molar-refractivity contribution in [2.24, 2.45) is 0 Å². The minimum atomic E-state index is -3.15. The fourth-order valence-corrected chi connectivity index (χ4v) is 4.07. The van der Waals surface area contributed by atoms with E-state index in [2.05, 4.69) is 13.8 Å². The van der Waals surface area contributed by atoms with Gasteiger partial charge in [0.15, 0.2) is 0 Å². The van der Waals surface area contributed by atoms with Crippen LogP contribution in [0.1, 0.15) is 44.7 Å². The largest absolute Gasteiger partial charge is 0.496 e. The fraction of sp³-hybridized carbons (Fsp3) is 0.625. The van der Waals surface area contributed by atoms with Crippen LogP contribution in [0.15, 0.2) is 12.1 Å². The second kappa shape index (κ2) is 8.56. The Balaban J connectivity index is 3.22. The van der Waals surface area contributed by atoms with Crippen LogP contribution in [0.3, 0.4) is 0 Å². The van der Waals surface area contributed by atoms with E-state index in [-0.39, 0.29) is 12.1 Å². The first-order valence-electron chi connectivity index (χ1n) is 7.53. The van der Waals surface area contributed by atoms with Crippen molar-refractivity contribution in [1.29, 1.82) is 0 Å². The van der Waals surface area contributed by atoms with E-state index in [1.165, 1.54) is 0 Å². The van der Waals surface area contributed by atoms with Gasteiger partial charge in [0.1, 0.15) is 11.5 Å². The van der Waals surface area contributed by atoms with Crippen LogP contribution >= 0.6 is 7.60 Å². The van der Waals surface area contributed by atoms with Crippen LogP contribution in [0.2, 0.25) is 0 Å². The van der Waals surface area contributed by atoms with Crippen molar-refractivity contribution >= 4 is 7.60 Å². The first kappa shape index (κ1) is 19.0. The molecule has 0 aliphatic heterocycles. The summed E-state index contributed by atoms with van der Waals surface area (Å²) in [6, 6.07) is 3.76. The SMILES string of the molecule is CCOP(=O)(Cc1cc(OC)c(C(C)C)c(OC)c1)OCC. The molecule has 0 aliphatic rings. The van der Waals surface area contributed by atoms with Crippen LogP contribution < -0.4 is 9.47 Å². The highest BCUT2D eigenvalue weighted by atomic mass is 31.2. The molecule has 126 valence electrons. The first-order valence-corrected chi connectivity index (χ1v) is 9.26. The van der Waals surface area contributed by atoms with Crippen molar-refractivity contribution in [3.8, 4) is 11.5 Å². The third-order valence-corrected chi connectivity index (χ3v) is 5.26. The number of benzene rings is 1. The molecule has 0 N–H and O–H groups in total. The van der Waals surface area contributed by atoms with E-state index in [0.717, 1.165) is 22.6 Å². The zero-order valence-electron chi connectivity index (χ0n) is 14.3. The molecule has 1 rings (SSSR count). The maximum absolute atomic E-state index is 12.7. The van der Waals surface area contributed by atoms with Gasteiger partial charge < -0.3 is 18.5 Å². The lowest BCUT2D eigenvalue weighted by molar-refractivity contribution is 0.219. The van der Waals surface area contributed by atoms with Gasteiger partial charge >= 0.3 is 7.60 Å². The van der Waals surface area contributed by atoms with Crippen LogP contribution in [0.25, 0.3) is 0 Å². The molecule has 0 heterocycles. The molecule has 0 radical (unpaired) electrons. The maximum atomic E-state index is 12.7.